The van der Waals surface area contributed by atoms with Crippen LogP contribution >= 0.6 is 12.4 Å². The Balaban J connectivity index is 0.00000192. The SMILES string of the molecule is Cl.O=C(CCNC(=O)C1CC12CCNCC2)NC1CCCCC1. The quantitative estimate of drug-likeness (QED) is 0.712. The van der Waals surface area contributed by atoms with Crippen molar-refractivity contribution in [1.29, 1.82) is 0 Å². The predicted octanol–water partition coefficient (Wildman–Crippen LogP) is 1.75. The molecular formula is C17H30ClN3O2. The molecule has 3 fully saturated rings. The van der Waals surface area contributed by atoms with Crippen LogP contribution in [0, 0.1) is 11.3 Å². The minimum absolute atomic E-state index is 0. The van der Waals surface area contributed by atoms with Crippen LogP contribution in [-0.4, -0.2) is 37.5 Å². The number of amides is 2. The summed E-state index contributed by atoms with van der Waals surface area (Å²) in [6.45, 7) is 2.55. The Morgan fingerprint density at radius 1 is 1.09 bits per heavy atom. The molecule has 5 nitrogen and oxygen atoms in total. The molecule has 1 heterocycles. The fourth-order valence-electron chi connectivity index (χ4n) is 4.16. The molecule has 3 rings (SSSR count). The minimum Gasteiger partial charge on any atom is -0.355 e. The van der Waals surface area contributed by atoms with Crippen LogP contribution in [0.25, 0.3) is 0 Å². The van der Waals surface area contributed by atoms with Crippen molar-refractivity contribution >= 4 is 24.2 Å². The van der Waals surface area contributed by atoms with Gasteiger partial charge in [0.05, 0.1) is 0 Å². The van der Waals surface area contributed by atoms with Crippen LogP contribution in [-0.2, 0) is 9.59 Å². The maximum absolute atomic E-state index is 12.2. The summed E-state index contributed by atoms with van der Waals surface area (Å²) >= 11 is 0. The molecular weight excluding hydrogens is 314 g/mol. The van der Waals surface area contributed by atoms with E-state index in [0.29, 0.717) is 19.0 Å². The summed E-state index contributed by atoms with van der Waals surface area (Å²) in [5, 5.41) is 9.41. The molecule has 0 bridgehead atoms. The van der Waals surface area contributed by atoms with Crippen LogP contribution in [0.3, 0.4) is 0 Å². The Morgan fingerprint density at radius 3 is 2.48 bits per heavy atom. The maximum Gasteiger partial charge on any atom is 0.223 e. The zero-order chi connectivity index (χ0) is 15.4. The molecule has 6 heteroatoms. The number of carbonyl (C=O) groups excluding carboxylic acids is 2. The molecule has 1 atom stereocenters. The summed E-state index contributed by atoms with van der Waals surface area (Å²) in [6, 6.07) is 0.360. The molecule has 1 saturated heterocycles. The van der Waals surface area contributed by atoms with E-state index in [9.17, 15) is 9.59 Å². The summed E-state index contributed by atoms with van der Waals surface area (Å²) in [6.07, 6.45) is 9.63. The first kappa shape index (κ1) is 18.5. The van der Waals surface area contributed by atoms with E-state index in [0.717, 1.165) is 45.2 Å². The molecule has 0 aromatic rings. The molecule has 0 radical (unpaired) electrons. The molecule has 2 aliphatic carbocycles. The van der Waals surface area contributed by atoms with Gasteiger partial charge in [-0.25, -0.2) is 0 Å². The lowest BCUT2D eigenvalue weighted by Gasteiger charge is -2.23. The third kappa shape index (κ3) is 4.83. The fourth-order valence-corrected chi connectivity index (χ4v) is 4.16. The van der Waals surface area contributed by atoms with Gasteiger partial charge in [-0.05, 0) is 50.6 Å². The maximum atomic E-state index is 12.2. The monoisotopic (exact) mass is 343 g/mol. The average Bonchev–Trinajstić information content (AvgIpc) is 3.22. The molecule has 132 valence electrons. The van der Waals surface area contributed by atoms with Gasteiger partial charge in [-0.15, -0.1) is 12.4 Å². The van der Waals surface area contributed by atoms with E-state index in [1.54, 1.807) is 0 Å². The van der Waals surface area contributed by atoms with Gasteiger partial charge in [-0.1, -0.05) is 19.3 Å². The van der Waals surface area contributed by atoms with Gasteiger partial charge in [-0.3, -0.25) is 9.59 Å². The van der Waals surface area contributed by atoms with E-state index in [-0.39, 0.29) is 35.6 Å². The van der Waals surface area contributed by atoms with Crippen molar-refractivity contribution in [3.8, 4) is 0 Å². The average molecular weight is 344 g/mol. The highest BCUT2D eigenvalue weighted by atomic mass is 35.5. The minimum atomic E-state index is 0. The van der Waals surface area contributed by atoms with Gasteiger partial charge >= 0.3 is 0 Å². The third-order valence-corrected chi connectivity index (χ3v) is 5.73. The lowest BCUT2D eigenvalue weighted by Crippen LogP contribution is -2.39. The summed E-state index contributed by atoms with van der Waals surface area (Å²) in [5.41, 5.74) is 0.277. The molecule has 1 aliphatic heterocycles. The smallest absolute Gasteiger partial charge is 0.223 e. The Labute approximate surface area is 145 Å². The van der Waals surface area contributed by atoms with Crippen LogP contribution in [0.2, 0.25) is 0 Å². The number of nitrogens with one attached hydrogen (secondary N) is 3. The predicted molar refractivity (Wildman–Crippen MR) is 92.5 cm³/mol. The van der Waals surface area contributed by atoms with Gasteiger partial charge < -0.3 is 16.0 Å². The highest BCUT2D eigenvalue weighted by Gasteiger charge is 2.57. The van der Waals surface area contributed by atoms with E-state index in [1.807, 2.05) is 0 Å². The van der Waals surface area contributed by atoms with E-state index >= 15 is 0 Å². The Bertz CT molecular complexity index is 418. The fraction of sp³-hybridized carbons (Fsp3) is 0.882. The van der Waals surface area contributed by atoms with Crippen molar-refractivity contribution in [2.45, 2.75) is 63.8 Å². The Morgan fingerprint density at radius 2 is 1.78 bits per heavy atom. The van der Waals surface area contributed by atoms with Gasteiger partial charge in [-0.2, -0.15) is 0 Å². The highest BCUT2D eigenvalue weighted by Crippen LogP contribution is 2.58. The Kier molecular flexibility index (Phi) is 6.72. The first-order valence-electron chi connectivity index (χ1n) is 8.97. The molecule has 2 amide bonds. The van der Waals surface area contributed by atoms with Crippen molar-refractivity contribution in [3.63, 3.8) is 0 Å². The highest BCUT2D eigenvalue weighted by molar-refractivity contribution is 5.85. The van der Waals surface area contributed by atoms with Crippen molar-refractivity contribution in [1.82, 2.24) is 16.0 Å². The molecule has 2 saturated carbocycles. The topological polar surface area (TPSA) is 70.2 Å². The van der Waals surface area contributed by atoms with Gasteiger partial charge in [0.25, 0.3) is 0 Å². The number of hydrogen-bond donors (Lipinski definition) is 3. The third-order valence-electron chi connectivity index (χ3n) is 5.73. The van der Waals surface area contributed by atoms with Gasteiger partial charge in [0, 0.05) is 24.9 Å². The summed E-state index contributed by atoms with van der Waals surface area (Å²) in [7, 11) is 0. The summed E-state index contributed by atoms with van der Waals surface area (Å²) < 4.78 is 0. The largest absolute Gasteiger partial charge is 0.355 e. The molecule has 0 aromatic carbocycles. The lowest BCUT2D eigenvalue weighted by atomic mass is 9.92. The van der Waals surface area contributed by atoms with Crippen molar-refractivity contribution < 1.29 is 9.59 Å². The molecule has 1 spiro atoms. The van der Waals surface area contributed by atoms with E-state index in [1.165, 1.54) is 19.3 Å². The summed E-state index contributed by atoms with van der Waals surface area (Å²) in [4.78, 5) is 24.1. The second-order valence-electron chi connectivity index (χ2n) is 7.31. The number of hydrogen-bond acceptors (Lipinski definition) is 3. The van der Waals surface area contributed by atoms with Crippen LogP contribution < -0.4 is 16.0 Å². The lowest BCUT2D eigenvalue weighted by molar-refractivity contribution is -0.124. The van der Waals surface area contributed by atoms with E-state index < -0.39 is 0 Å². The molecule has 3 aliphatic rings. The van der Waals surface area contributed by atoms with Crippen molar-refractivity contribution in [2.75, 3.05) is 19.6 Å². The van der Waals surface area contributed by atoms with Gasteiger partial charge in [0.1, 0.15) is 0 Å². The molecule has 1 unspecified atom stereocenters. The number of halogens is 1. The van der Waals surface area contributed by atoms with Crippen molar-refractivity contribution in [2.24, 2.45) is 11.3 Å². The van der Waals surface area contributed by atoms with E-state index in [4.69, 9.17) is 0 Å². The first-order chi connectivity index (χ1) is 10.7. The number of rotatable bonds is 5. The molecule has 0 aromatic heterocycles. The van der Waals surface area contributed by atoms with Gasteiger partial charge in [0.2, 0.25) is 11.8 Å². The number of carbonyl (C=O) groups is 2. The van der Waals surface area contributed by atoms with Crippen LogP contribution in [0.5, 0.6) is 0 Å². The normalized spacial score (nSPS) is 26.2. The Hall–Kier alpha value is -0.810. The molecule has 23 heavy (non-hydrogen) atoms. The first-order valence-corrected chi connectivity index (χ1v) is 8.97. The van der Waals surface area contributed by atoms with Gasteiger partial charge in [0.15, 0.2) is 0 Å². The zero-order valence-corrected chi connectivity index (χ0v) is 14.7. The zero-order valence-electron chi connectivity index (χ0n) is 13.9. The van der Waals surface area contributed by atoms with Crippen LogP contribution in [0.1, 0.15) is 57.8 Å². The standard InChI is InChI=1S/C17H29N3O2.ClH/c21-15(20-13-4-2-1-3-5-13)6-9-19-16(22)14-12-17(14)7-10-18-11-8-17;/h13-14,18H,1-12H2,(H,19,22)(H,20,21);1H. The van der Waals surface area contributed by atoms with Crippen LogP contribution in [0.4, 0.5) is 0 Å². The second kappa shape index (κ2) is 8.34. The van der Waals surface area contributed by atoms with Crippen LogP contribution in [0.15, 0.2) is 0 Å². The second-order valence-corrected chi connectivity index (χ2v) is 7.31. The molecule has 3 N–H and O–H groups in total. The van der Waals surface area contributed by atoms with E-state index in [2.05, 4.69) is 16.0 Å². The van der Waals surface area contributed by atoms with Crippen molar-refractivity contribution in [3.05, 3.63) is 0 Å². The summed E-state index contributed by atoms with van der Waals surface area (Å²) in [5.74, 6) is 0.433. The number of piperidine rings is 1.